The molecule has 1 atom stereocenters. The largest absolute Gasteiger partial charge is 0.368 e. The molecule has 2 aliphatic heterocycles. The third-order valence-corrected chi connectivity index (χ3v) is 5.55. The van der Waals surface area contributed by atoms with E-state index in [0.29, 0.717) is 6.54 Å². The van der Waals surface area contributed by atoms with Crippen molar-refractivity contribution in [3.63, 3.8) is 0 Å². The van der Waals surface area contributed by atoms with E-state index in [1.54, 1.807) is 12.4 Å². The molecule has 2 aromatic heterocycles. The molecule has 0 aliphatic carbocycles. The normalized spacial score (nSPS) is 20.7. The van der Waals surface area contributed by atoms with Crippen LogP contribution in [-0.2, 0) is 4.79 Å². The van der Waals surface area contributed by atoms with Crippen molar-refractivity contribution in [3.8, 4) is 11.3 Å². The highest BCUT2D eigenvalue weighted by Gasteiger charge is 2.28. The number of carbonyl (C=O) groups excluding carboxylic acids is 1. The lowest BCUT2D eigenvalue weighted by molar-refractivity contribution is -0.132. The molecule has 2 saturated heterocycles. The van der Waals surface area contributed by atoms with Gasteiger partial charge in [0, 0.05) is 43.3 Å². The summed E-state index contributed by atoms with van der Waals surface area (Å²) in [6.07, 6.45) is 11.0. The number of hydrogen-bond acceptors (Lipinski definition) is 6. The van der Waals surface area contributed by atoms with Crippen molar-refractivity contribution in [1.82, 2.24) is 24.8 Å². The minimum Gasteiger partial charge on any atom is -0.368 e. The summed E-state index contributed by atoms with van der Waals surface area (Å²) in [6, 6.07) is 4.37. The SMILES string of the molecule is Nc1ncc(-c2ccc([C@@H]3CCCCN3CC(=O)N3CCCC3)cn2)cn1. The summed E-state index contributed by atoms with van der Waals surface area (Å²) in [5.41, 5.74) is 8.39. The lowest BCUT2D eigenvalue weighted by atomic mass is 9.96. The molecule has 27 heavy (non-hydrogen) atoms. The molecule has 0 aromatic carbocycles. The maximum absolute atomic E-state index is 12.6. The summed E-state index contributed by atoms with van der Waals surface area (Å²) in [4.78, 5) is 29.6. The van der Waals surface area contributed by atoms with Crippen molar-refractivity contribution >= 4 is 11.9 Å². The van der Waals surface area contributed by atoms with Crippen LogP contribution in [0.5, 0.6) is 0 Å². The highest BCUT2D eigenvalue weighted by Crippen LogP contribution is 2.31. The van der Waals surface area contributed by atoms with E-state index in [9.17, 15) is 4.79 Å². The Morgan fingerprint density at radius 2 is 1.74 bits per heavy atom. The van der Waals surface area contributed by atoms with Crippen LogP contribution in [0.15, 0.2) is 30.7 Å². The second-order valence-corrected chi connectivity index (χ2v) is 7.38. The van der Waals surface area contributed by atoms with Gasteiger partial charge in [-0.2, -0.15) is 0 Å². The Hall–Kier alpha value is -2.54. The minimum absolute atomic E-state index is 0.259. The van der Waals surface area contributed by atoms with Crippen LogP contribution in [0.3, 0.4) is 0 Å². The Labute approximate surface area is 159 Å². The first-order valence-electron chi connectivity index (χ1n) is 9.76. The average Bonchev–Trinajstić information content (AvgIpc) is 3.24. The van der Waals surface area contributed by atoms with E-state index in [-0.39, 0.29) is 17.9 Å². The molecule has 2 aliphatic rings. The van der Waals surface area contributed by atoms with Crippen molar-refractivity contribution < 1.29 is 4.79 Å². The maximum atomic E-state index is 12.6. The van der Waals surface area contributed by atoms with E-state index in [1.807, 2.05) is 17.2 Å². The van der Waals surface area contributed by atoms with Crippen LogP contribution in [0.1, 0.15) is 43.7 Å². The van der Waals surface area contributed by atoms with Crippen LogP contribution in [-0.4, -0.2) is 56.8 Å². The molecular formula is C20H26N6O. The second-order valence-electron chi connectivity index (χ2n) is 7.38. The maximum Gasteiger partial charge on any atom is 0.236 e. The summed E-state index contributed by atoms with van der Waals surface area (Å²) in [5, 5.41) is 0. The number of pyridine rings is 1. The van der Waals surface area contributed by atoms with Crippen molar-refractivity contribution in [1.29, 1.82) is 0 Å². The summed E-state index contributed by atoms with van der Waals surface area (Å²) in [6.45, 7) is 3.31. The number of likely N-dealkylation sites (tertiary alicyclic amines) is 2. The predicted octanol–water partition coefficient (Wildman–Crippen LogP) is 2.27. The van der Waals surface area contributed by atoms with Crippen molar-refractivity contribution in [2.24, 2.45) is 0 Å². The number of hydrogen-bond donors (Lipinski definition) is 1. The molecule has 2 fully saturated rings. The van der Waals surface area contributed by atoms with Crippen LogP contribution in [0.25, 0.3) is 11.3 Å². The fraction of sp³-hybridized carbons (Fsp3) is 0.500. The number of nitrogens with zero attached hydrogens (tertiary/aromatic N) is 5. The zero-order chi connectivity index (χ0) is 18.6. The molecule has 4 heterocycles. The molecule has 0 saturated carbocycles. The molecule has 2 N–H and O–H groups in total. The van der Waals surface area contributed by atoms with Gasteiger partial charge in [0.05, 0.1) is 12.2 Å². The van der Waals surface area contributed by atoms with Gasteiger partial charge < -0.3 is 10.6 Å². The van der Waals surface area contributed by atoms with E-state index >= 15 is 0 Å². The van der Waals surface area contributed by atoms with Crippen LogP contribution in [0.4, 0.5) is 5.95 Å². The fourth-order valence-electron chi connectivity index (χ4n) is 4.04. The van der Waals surface area contributed by atoms with Crippen LogP contribution < -0.4 is 5.73 Å². The number of anilines is 1. The first-order chi connectivity index (χ1) is 13.2. The van der Waals surface area contributed by atoms with E-state index in [0.717, 1.165) is 56.6 Å². The number of nitrogen functional groups attached to an aromatic ring is 1. The molecule has 4 rings (SSSR count). The average molecular weight is 366 g/mol. The lowest BCUT2D eigenvalue weighted by Gasteiger charge is -2.36. The van der Waals surface area contributed by atoms with Crippen molar-refractivity contribution in [2.45, 2.75) is 38.1 Å². The standard InChI is InChI=1S/C20H26N6O/c21-20-23-12-16(13-24-20)17-7-6-15(11-22-17)18-5-1-2-10-26(18)14-19(27)25-8-3-4-9-25/h6-7,11-13,18H,1-5,8-10,14H2,(H2,21,23,24)/t18-/m0/s1. The predicted molar refractivity (Wildman–Crippen MR) is 104 cm³/mol. The van der Waals surface area contributed by atoms with Gasteiger partial charge in [0.25, 0.3) is 0 Å². The third kappa shape index (κ3) is 4.08. The van der Waals surface area contributed by atoms with Gasteiger partial charge in [0.15, 0.2) is 0 Å². The van der Waals surface area contributed by atoms with Crippen LogP contribution in [0.2, 0.25) is 0 Å². The topological polar surface area (TPSA) is 88.2 Å². The van der Waals surface area contributed by atoms with Gasteiger partial charge in [-0.1, -0.05) is 12.5 Å². The number of amides is 1. The van der Waals surface area contributed by atoms with Crippen molar-refractivity contribution in [2.75, 3.05) is 31.9 Å². The second kappa shape index (κ2) is 8.00. The van der Waals surface area contributed by atoms with E-state index < -0.39 is 0 Å². The van der Waals surface area contributed by atoms with Gasteiger partial charge in [-0.05, 0) is 43.9 Å². The van der Waals surface area contributed by atoms with Gasteiger partial charge in [-0.3, -0.25) is 14.7 Å². The van der Waals surface area contributed by atoms with Gasteiger partial charge in [-0.15, -0.1) is 0 Å². The Bertz CT molecular complexity index is 770. The summed E-state index contributed by atoms with van der Waals surface area (Å²) in [5.74, 6) is 0.527. The highest BCUT2D eigenvalue weighted by atomic mass is 16.2. The van der Waals surface area contributed by atoms with E-state index in [1.165, 1.54) is 12.0 Å². The van der Waals surface area contributed by atoms with Crippen LogP contribution >= 0.6 is 0 Å². The highest BCUT2D eigenvalue weighted by molar-refractivity contribution is 5.78. The summed E-state index contributed by atoms with van der Waals surface area (Å²) in [7, 11) is 0. The number of rotatable bonds is 4. The van der Waals surface area contributed by atoms with E-state index in [2.05, 4.69) is 25.9 Å². The Kier molecular flexibility index (Phi) is 5.29. The van der Waals surface area contributed by atoms with Crippen molar-refractivity contribution in [3.05, 3.63) is 36.3 Å². The monoisotopic (exact) mass is 366 g/mol. The third-order valence-electron chi connectivity index (χ3n) is 5.55. The molecule has 142 valence electrons. The summed E-state index contributed by atoms with van der Waals surface area (Å²) < 4.78 is 0. The molecule has 0 radical (unpaired) electrons. The Balaban J connectivity index is 1.47. The molecule has 0 bridgehead atoms. The zero-order valence-corrected chi connectivity index (χ0v) is 15.5. The van der Waals surface area contributed by atoms with Gasteiger partial charge in [0.1, 0.15) is 0 Å². The molecule has 0 spiro atoms. The molecule has 7 heteroatoms. The van der Waals surface area contributed by atoms with Gasteiger partial charge >= 0.3 is 0 Å². The lowest BCUT2D eigenvalue weighted by Crippen LogP contribution is -2.42. The fourth-order valence-corrected chi connectivity index (χ4v) is 4.04. The zero-order valence-electron chi connectivity index (χ0n) is 15.5. The molecule has 0 unspecified atom stereocenters. The van der Waals surface area contributed by atoms with E-state index in [4.69, 9.17) is 5.73 Å². The Morgan fingerprint density at radius 3 is 2.44 bits per heavy atom. The number of nitrogens with two attached hydrogens (primary N) is 1. The molecule has 2 aromatic rings. The van der Waals surface area contributed by atoms with Gasteiger partial charge in [0.2, 0.25) is 11.9 Å². The minimum atomic E-state index is 0.259. The summed E-state index contributed by atoms with van der Waals surface area (Å²) >= 11 is 0. The smallest absolute Gasteiger partial charge is 0.236 e. The number of aromatic nitrogens is 3. The number of carbonyl (C=O) groups is 1. The Morgan fingerprint density at radius 1 is 1.00 bits per heavy atom. The molecular weight excluding hydrogens is 340 g/mol. The molecule has 7 nitrogen and oxygen atoms in total. The quantitative estimate of drug-likeness (QED) is 0.893. The van der Waals surface area contributed by atoms with Crippen LogP contribution in [0, 0.1) is 0 Å². The first-order valence-corrected chi connectivity index (χ1v) is 9.76. The van der Waals surface area contributed by atoms with Gasteiger partial charge in [-0.25, -0.2) is 9.97 Å². The first kappa shape index (κ1) is 17.9. The number of piperidine rings is 1. The molecule has 1 amide bonds.